The predicted molar refractivity (Wildman–Crippen MR) is 98.3 cm³/mol. The lowest BCUT2D eigenvalue weighted by Gasteiger charge is -2.46. The lowest BCUT2D eigenvalue weighted by atomic mass is 9.60. The van der Waals surface area contributed by atoms with E-state index in [2.05, 4.69) is 38.1 Å². The Kier molecular flexibility index (Phi) is 4.20. The largest absolute Gasteiger partial charge is 0.494 e. The van der Waals surface area contributed by atoms with Crippen LogP contribution in [-0.2, 0) is 11.2 Å². The molecular formula is C22H30O2. The molecule has 1 saturated carbocycles. The SMILES string of the molecule is CCCOc1ccc2c(c1)CCC1C2=CCC2(C)C(OC)CCC12. The standard InChI is InChI=1S/C22H30O2/c1-4-13-24-16-6-8-17-15(14-16)5-7-19-18(17)11-12-22(2)20(19)9-10-21(22)23-3/h6,8,11,14,19-21H,4-5,7,9-10,12-13H2,1-3H3. The Labute approximate surface area is 146 Å². The second-order valence-corrected chi connectivity index (χ2v) is 8.09. The lowest BCUT2D eigenvalue weighted by molar-refractivity contribution is -0.00851. The summed E-state index contributed by atoms with van der Waals surface area (Å²) < 4.78 is 11.7. The minimum atomic E-state index is 0.338. The number of allylic oxidation sites excluding steroid dienone is 2. The molecule has 0 N–H and O–H groups in total. The number of fused-ring (bicyclic) bond motifs is 5. The van der Waals surface area contributed by atoms with E-state index in [-0.39, 0.29) is 0 Å². The third-order valence-corrected chi connectivity index (χ3v) is 6.84. The van der Waals surface area contributed by atoms with E-state index >= 15 is 0 Å². The van der Waals surface area contributed by atoms with Gasteiger partial charge in [0.1, 0.15) is 5.75 Å². The molecule has 0 amide bonds. The normalized spacial score (nSPS) is 34.1. The van der Waals surface area contributed by atoms with Crippen molar-refractivity contribution in [3.05, 3.63) is 35.4 Å². The van der Waals surface area contributed by atoms with Gasteiger partial charge in [-0.25, -0.2) is 0 Å². The maximum Gasteiger partial charge on any atom is 0.119 e. The number of methoxy groups -OCH3 is 1. The third-order valence-electron chi connectivity index (χ3n) is 6.84. The molecule has 24 heavy (non-hydrogen) atoms. The average Bonchev–Trinajstić information content (AvgIpc) is 2.95. The summed E-state index contributed by atoms with van der Waals surface area (Å²) in [6.45, 7) is 5.42. The summed E-state index contributed by atoms with van der Waals surface area (Å²) in [4.78, 5) is 0. The van der Waals surface area contributed by atoms with Crippen molar-refractivity contribution in [1.29, 1.82) is 0 Å². The van der Waals surface area contributed by atoms with Gasteiger partial charge in [-0.05, 0) is 79.2 Å². The Morgan fingerprint density at radius 3 is 2.88 bits per heavy atom. The summed E-state index contributed by atoms with van der Waals surface area (Å²) in [6.07, 6.45) is 10.2. The summed E-state index contributed by atoms with van der Waals surface area (Å²) in [5.41, 5.74) is 4.91. The molecule has 0 spiro atoms. The highest BCUT2D eigenvalue weighted by molar-refractivity contribution is 5.73. The molecule has 0 radical (unpaired) electrons. The number of aryl methyl sites for hydroxylation is 1. The molecule has 0 aliphatic heterocycles. The topological polar surface area (TPSA) is 18.5 Å². The molecule has 4 atom stereocenters. The first-order chi connectivity index (χ1) is 11.7. The van der Waals surface area contributed by atoms with Crippen LogP contribution in [0.15, 0.2) is 24.3 Å². The molecule has 3 aliphatic carbocycles. The fraction of sp³-hybridized carbons (Fsp3) is 0.636. The Hall–Kier alpha value is -1.28. The molecule has 0 saturated heterocycles. The van der Waals surface area contributed by atoms with Crippen LogP contribution in [0.1, 0.15) is 57.1 Å². The van der Waals surface area contributed by atoms with Crippen LogP contribution in [0.4, 0.5) is 0 Å². The van der Waals surface area contributed by atoms with Crippen molar-refractivity contribution in [2.75, 3.05) is 13.7 Å². The molecule has 2 heteroatoms. The van der Waals surface area contributed by atoms with Crippen molar-refractivity contribution < 1.29 is 9.47 Å². The molecule has 4 unspecified atom stereocenters. The van der Waals surface area contributed by atoms with Gasteiger partial charge in [-0.1, -0.05) is 26.0 Å². The van der Waals surface area contributed by atoms with Crippen LogP contribution in [0.2, 0.25) is 0 Å². The fourth-order valence-corrected chi connectivity index (χ4v) is 5.60. The first-order valence-corrected chi connectivity index (χ1v) is 9.66. The van der Waals surface area contributed by atoms with Crippen LogP contribution >= 0.6 is 0 Å². The summed E-state index contributed by atoms with van der Waals surface area (Å²) in [6, 6.07) is 6.75. The first kappa shape index (κ1) is 16.2. The number of rotatable bonds is 4. The molecule has 0 bridgehead atoms. The highest BCUT2D eigenvalue weighted by atomic mass is 16.5. The zero-order valence-corrected chi connectivity index (χ0v) is 15.3. The van der Waals surface area contributed by atoms with E-state index in [0.717, 1.165) is 37.0 Å². The Morgan fingerprint density at radius 1 is 1.21 bits per heavy atom. The molecule has 2 nitrogen and oxygen atoms in total. The van der Waals surface area contributed by atoms with Crippen molar-refractivity contribution in [2.24, 2.45) is 17.3 Å². The second kappa shape index (κ2) is 6.22. The van der Waals surface area contributed by atoms with Gasteiger partial charge in [-0.3, -0.25) is 0 Å². The van der Waals surface area contributed by atoms with Crippen LogP contribution in [0.5, 0.6) is 5.75 Å². The van der Waals surface area contributed by atoms with Crippen molar-refractivity contribution in [2.45, 2.75) is 58.5 Å². The highest BCUT2D eigenvalue weighted by Gasteiger charge is 2.52. The van der Waals surface area contributed by atoms with E-state index in [1.807, 2.05) is 7.11 Å². The maximum absolute atomic E-state index is 5.84. The third kappa shape index (κ3) is 2.42. The molecule has 130 valence electrons. The van der Waals surface area contributed by atoms with Gasteiger partial charge in [-0.15, -0.1) is 0 Å². The van der Waals surface area contributed by atoms with Gasteiger partial charge >= 0.3 is 0 Å². The molecule has 1 fully saturated rings. The zero-order valence-electron chi connectivity index (χ0n) is 15.3. The van der Waals surface area contributed by atoms with Gasteiger partial charge in [0.25, 0.3) is 0 Å². The monoisotopic (exact) mass is 326 g/mol. The molecule has 0 aromatic heterocycles. The summed E-state index contributed by atoms with van der Waals surface area (Å²) >= 11 is 0. The minimum absolute atomic E-state index is 0.338. The quantitative estimate of drug-likeness (QED) is 0.752. The number of benzene rings is 1. The van der Waals surface area contributed by atoms with Crippen molar-refractivity contribution in [1.82, 2.24) is 0 Å². The average molecular weight is 326 g/mol. The second-order valence-electron chi connectivity index (χ2n) is 8.09. The van der Waals surface area contributed by atoms with Gasteiger partial charge in [0.2, 0.25) is 0 Å². The van der Waals surface area contributed by atoms with Gasteiger partial charge in [0, 0.05) is 12.5 Å². The number of hydrogen-bond acceptors (Lipinski definition) is 2. The summed E-state index contributed by atoms with van der Waals surface area (Å²) in [7, 11) is 1.89. The molecular weight excluding hydrogens is 296 g/mol. The highest BCUT2D eigenvalue weighted by Crippen LogP contribution is 2.59. The smallest absolute Gasteiger partial charge is 0.119 e. The van der Waals surface area contributed by atoms with Crippen LogP contribution in [0, 0.1) is 17.3 Å². The maximum atomic E-state index is 5.84. The summed E-state index contributed by atoms with van der Waals surface area (Å²) in [5, 5.41) is 0. The molecule has 3 aliphatic rings. The minimum Gasteiger partial charge on any atom is -0.494 e. The van der Waals surface area contributed by atoms with Crippen molar-refractivity contribution >= 4 is 5.57 Å². The van der Waals surface area contributed by atoms with E-state index in [1.54, 1.807) is 5.57 Å². The molecule has 0 heterocycles. The molecule has 1 aromatic rings. The number of hydrogen-bond donors (Lipinski definition) is 0. The zero-order chi connectivity index (χ0) is 16.7. The van der Waals surface area contributed by atoms with Crippen LogP contribution in [0.25, 0.3) is 5.57 Å². The Bertz CT molecular complexity index is 647. The van der Waals surface area contributed by atoms with E-state index in [1.165, 1.54) is 36.8 Å². The Morgan fingerprint density at radius 2 is 2.08 bits per heavy atom. The van der Waals surface area contributed by atoms with Gasteiger partial charge in [-0.2, -0.15) is 0 Å². The van der Waals surface area contributed by atoms with Gasteiger partial charge in [0.05, 0.1) is 12.7 Å². The van der Waals surface area contributed by atoms with E-state index < -0.39 is 0 Å². The van der Waals surface area contributed by atoms with Crippen molar-refractivity contribution in [3.63, 3.8) is 0 Å². The van der Waals surface area contributed by atoms with Crippen LogP contribution < -0.4 is 4.74 Å². The first-order valence-electron chi connectivity index (χ1n) is 9.66. The molecule has 1 aromatic carbocycles. The number of ether oxygens (including phenoxy) is 2. The van der Waals surface area contributed by atoms with E-state index in [9.17, 15) is 0 Å². The van der Waals surface area contributed by atoms with Gasteiger partial charge in [0.15, 0.2) is 0 Å². The predicted octanol–water partition coefficient (Wildman–Crippen LogP) is 5.26. The Balaban J connectivity index is 1.65. The van der Waals surface area contributed by atoms with Gasteiger partial charge < -0.3 is 9.47 Å². The lowest BCUT2D eigenvalue weighted by Crippen LogP contribution is -2.40. The van der Waals surface area contributed by atoms with Crippen molar-refractivity contribution in [3.8, 4) is 5.75 Å². The molecule has 4 rings (SSSR count). The fourth-order valence-electron chi connectivity index (χ4n) is 5.60. The van der Waals surface area contributed by atoms with E-state index in [0.29, 0.717) is 11.5 Å². The van der Waals surface area contributed by atoms with Crippen LogP contribution in [0.3, 0.4) is 0 Å². The van der Waals surface area contributed by atoms with Crippen LogP contribution in [-0.4, -0.2) is 19.8 Å². The van der Waals surface area contributed by atoms with E-state index in [4.69, 9.17) is 9.47 Å². The summed E-state index contributed by atoms with van der Waals surface area (Å²) in [5.74, 6) is 2.54.